The summed E-state index contributed by atoms with van der Waals surface area (Å²) in [6.45, 7) is 23.7. The van der Waals surface area contributed by atoms with E-state index < -0.39 is 0 Å². The second-order valence-electron chi connectivity index (χ2n) is 24.3. The number of piperazine rings is 2. The van der Waals surface area contributed by atoms with Gasteiger partial charge in [-0.15, -0.1) is 0 Å². The van der Waals surface area contributed by atoms with Gasteiger partial charge in [0.25, 0.3) is 0 Å². The van der Waals surface area contributed by atoms with Crippen LogP contribution in [0.2, 0.25) is 0 Å². The Kier molecular flexibility index (Phi) is 17.4. The Morgan fingerprint density at radius 2 is 1.01 bits per heavy atom. The molecule has 0 unspecified atom stereocenters. The fraction of sp³-hybridized carbons (Fsp3) is 0.516. The van der Waals surface area contributed by atoms with E-state index in [1.165, 1.54) is 24.3 Å². The Bertz CT molecular complexity index is 2830. The second kappa shape index (κ2) is 24.8. The number of amides is 2. The minimum absolute atomic E-state index is 0.0154. The highest BCUT2D eigenvalue weighted by molar-refractivity contribution is 5.98. The van der Waals surface area contributed by atoms with Gasteiger partial charge in [-0.2, -0.15) is 0 Å². The second-order valence-corrected chi connectivity index (χ2v) is 24.3. The summed E-state index contributed by atoms with van der Waals surface area (Å²) >= 11 is 0. The van der Waals surface area contributed by atoms with Crippen LogP contribution in [0.1, 0.15) is 52.9 Å². The number of anilines is 2. The van der Waals surface area contributed by atoms with E-state index in [0.29, 0.717) is 87.1 Å². The highest BCUT2D eigenvalue weighted by Crippen LogP contribution is 2.43. The van der Waals surface area contributed by atoms with Gasteiger partial charge in [0.1, 0.15) is 71.6 Å². The van der Waals surface area contributed by atoms with Crippen molar-refractivity contribution in [1.29, 1.82) is 0 Å². The first kappa shape index (κ1) is 57.5. The third-order valence-corrected chi connectivity index (χ3v) is 16.5. The molecule has 18 nitrogen and oxygen atoms in total. The molecular weight excluding hydrogens is 1050 g/mol. The Morgan fingerprint density at radius 3 is 1.44 bits per heavy atom. The summed E-state index contributed by atoms with van der Waals surface area (Å²) in [7, 11) is 0. The number of fused-ring (bicyclic) bond motifs is 2. The van der Waals surface area contributed by atoms with Gasteiger partial charge in [-0.25, -0.2) is 8.78 Å². The van der Waals surface area contributed by atoms with Gasteiger partial charge in [0.05, 0.1) is 61.5 Å². The molecule has 20 heteroatoms. The highest BCUT2D eigenvalue weighted by atomic mass is 19.1. The van der Waals surface area contributed by atoms with Crippen LogP contribution in [0.5, 0.6) is 34.5 Å². The molecule has 2 aromatic heterocycles. The minimum atomic E-state index is -0.342. The van der Waals surface area contributed by atoms with Crippen LogP contribution >= 0.6 is 0 Å². The van der Waals surface area contributed by atoms with E-state index in [0.717, 1.165) is 75.1 Å². The maximum Gasteiger partial charge on any atom is 0.241 e. The molecule has 0 radical (unpaired) electrons. The van der Waals surface area contributed by atoms with Gasteiger partial charge in [-0.05, 0) is 74.5 Å². The molecular formula is C62H78F2N10O8. The lowest BCUT2D eigenvalue weighted by atomic mass is 9.91. The summed E-state index contributed by atoms with van der Waals surface area (Å²) in [4.78, 5) is 51.3. The van der Waals surface area contributed by atoms with Crippen molar-refractivity contribution in [2.75, 3.05) is 128 Å². The Morgan fingerprint density at radius 1 is 0.585 bits per heavy atom. The molecule has 0 spiro atoms. The summed E-state index contributed by atoms with van der Waals surface area (Å²) in [5.74, 6) is 2.69. The molecule has 0 aliphatic carbocycles. The third-order valence-electron chi connectivity index (χ3n) is 16.5. The van der Waals surface area contributed by atoms with Crippen molar-refractivity contribution in [3.05, 3.63) is 120 Å². The van der Waals surface area contributed by atoms with Crippen molar-refractivity contribution < 1.29 is 46.8 Å². The van der Waals surface area contributed by atoms with E-state index >= 15 is 0 Å². The van der Waals surface area contributed by atoms with Crippen molar-refractivity contribution >= 4 is 23.2 Å². The molecule has 6 aliphatic heterocycles. The minimum Gasteiger partial charge on any atom is -0.491 e. The molecule has 2 N–H and O–H groups in total. The van der Waals surface area contributed by atoms with E-state index in [1.54, 1.807) is 36.7 Å². The van der Waals surface area contributed by atoms with Crippen LogP contribution in [-0.4, -0.2) is 196 Å². The molecule has 8 heterocycles. The number of hydrogen-bond acceptors (Lipinski definition) is 16. The number of aromatic nitrogens is 2. The van der Waals surface area contributed by atoms with E-state index in [4.69, 9.17) is 38.4 Å². The van der Waals surface area contributed by atoms with Gasteiger partial charge in [0.2, 0.25) is 11.8 Å². The molecule has 11 rings (SSSR count). The average molecular weight is 1130 g/mol. The summed E-state index contributed by atoms with van der Waals surface area (Å²) in [6.07, 6.45) is 3.05. The molecule has 0 saturated carbocycles. The zero-order valence-electron chi connectivity index (χ0n) is 48.0. The number of benzene rings is 3. The van der Waals surface area contributed by atoms with Crippen LogP contribution < -0.4 is 39.4 Å². The fourth-order valence-electron chi connectivity index (χ4n) is 12.3. The van der Waals surface area contributed by atoms with Gasteiger partial charge in [0, 0.05) is 132 Å². The molecule has 2 amide bonds. The van der Waals surface area contributed by atoms with Gasteiger partial charge in [-0.1, -0.05) is 33.8 Å². The SMILES string of the molecule is C[C@@H]1CN(CC(=O)N2CC(C)(C)c3ncc(Oc4ccc(F)cc4)cc32)[C@@H](CN2CCO[C@H](COc3cccc(OC[C@@H]4CN(C[C@H]5CN[C@H](C)CN5CC(=O)N5CC(C)(C)c6ncc(Oc7ccc(F)cc7)cc65)CCO4)c3)C2)CN1. The standard InChI is InChI=1S/C62H78F2N10O8/c1-41-29-71(35-57(75)73-39-61(3,4)59-55(73)23-51(27-67-59)81-47-14-10-43(63)11-15-47)45(25-65-41)31-69-18-20-77-53(33-69)37-79-49-8-7-9-50(22-49)80-38-54-34-70(19-21-78-54)32-46-26-66-42(2)30-72(46)36-58(76)74-40-62(5,6)60-56(74)24-52(28-68-60)82-48-16-12-44(64)13-17-48/h7-17,22-24,27-28,41-42,45-46,53-54,65-66H,18-21,25-26,29-40H2,1-6H3/t41-,42-,45-,46-,53+,54+/m1/s1. The number of pyridine rings is 2. The van der Waals surface area contributed by atoms with Gasteiger partial charge in [0.15, 0.2) is 0 Å². The lowest BCUT2D eigenvalue weighted by molar-refractivity contribution is -0.121. The monoisotopic (exact) mass is 1130 g/mol. The summed E-state index contributed by atoms with van der Waals surface area (Å²) < 4.78 is 64.4. The van der Waals surface area contributed by atoms with Crippen LogP contribution in [0.4, 0.5) is 20.2 Å². The van der Waals surface area contributed by atoms with E-state index in [-0.39, 0.29) is 83.7 Å². The number of hydrogen-bond donors (Lipinski definition) is 2. The van der Waals surface area contributed by atoms with E-state index in [9.17, 15) is 18.4 Å². The summed E-state index contributed by atoms with van der Waals surface area (Å²) in [5, 5.41) is 7.30. The van der Waals surface area contributed by atoms with Crippen LogP contribution in [0, 0.1) is 11.6 Å². The number of nitrogens with one attached hydrogen (secondary N) is 2. The average Bonchev–Trinajstić information content (AvgIpc) is 4.16. The van der Waals surface area contributed by atoms with Gasteiger partial charge < -0.3 is 48.9 Å². The molecule has 4 fully saturated rings. The molecule has 6 aliphatic rings. The number of ether oxygens (including phenoxy) is 6. The van der Waals surface area contributed by atoms with Crippen molar-refractivity contribution in [3.8, 4) is 34.5 Å². The number of morpholine rings is 2. The first-order valence-electron chi connectivity index (χ1n) is 28.9. The lowest BCUT2D eigenvalue weighted by Gasteiger charge is -2.43. The lowest BCUT2D eigenvalue weighted by Crippen LogP contribution is -2.61. The van der Waals surface area contributed by atoms with E-state index in [1.807, 2.05) is 46.2 Å². The molecule has 5 aromatic rings. The third kappa shape index (κ3) is 13.8. The largest absolute Gasteiger partial charge is 0.491 e. The Balaban J connectivity index is 0.644. The number of carbonyl (C=O) groups excluding carboxylic acids is 2. The molecule has 6 atom stereocenters. The molecule has 82 heavy (non-hydrogen) atoms. The molecule has 3 aromatic carbocycles. The zero-order valence-corrected chi connectivity index (χ0v) is 48.0. The Hall–Kier alpha value is -6.36. The smallest absolute Gasteiger partial charge is 0.241 e. The quantitative estimate of drug-likeness (QED) is 0.0983. The predicted molar refractivity (Wildman–Crippen MR) is 308 cm³/mol. The topological polar surface area (TPSA) is 159 Å². The number of rotatable bonds is 18. The van der Waals surface area contributed by atoms with Gasteiger partial charge >= 0.3 is 0 Å². The van der Waals surface area contributed by atoms with Crippen LogP contribution in [0.15, 0.2) is 97.3 Å². The normalized spacial score (nSPS) is 24.9. The van der Waals surface area contributed by atoms with Gasteiger partial charge in [-0.3, -0.25) is 39.2 Å². The first-order valence-corrected chi connectivity index (χ1v) is 28.9. The predicted octanol–water partition coefficient (Wildman–Crippen LogP) is 6.47. The molecule has 438 valence electrons. The van der Waals surface area contributed by atoms with Crippen molar-refractivity contribution in [2.24, 2.45) is 0 Å². The van der Waals surface area contributed by atoms with Crippen molar-refractivity contribution in [3.63, 3.8) is 0 Å². The maximum absolute atomic E-state index is 14.3. The molecule has 0 bridgehead atoms. The first-order chi connectivity index (χ1) is 39.5. The number of carbonyl (C=O) groups is 2. The number of halogens is 2. The highest BCUT2D eigenvalue weighted by Gasteiger charge is 2.43. The molecule has 4 saturated heterocycles. The summed E-state index contributed by atoms with van der Waals surface area (Å²) in [5.41, 5.74) is 2.50. The van der Waals surface area contributed by atoms with Crippen LogP contribution in [0.3, 0.4) is 0 Å². The van der Waals surface area contributed by atoms with Crippen molar-refractivity contribution in [1.82, 2.24) is 40.2 Å². The fourth-order valence-corrected chi connectivity index (χ4v) is 12.3. The number of nitrogens with zero attached hydrogens (tertiary/aromatic N) is 8. The van der Waals surface area contributed by atoms with Crippen molar-refractivity contribution in [2.45, 2.75) is 88.7 Å². The van der Waals surface area contributed by atoms with Crippen LogP contribution in [0.25, 0.3) is 0 Å². The van der Waals surface area contributed by atoms with Crippen LogP contribution in [-0.2, 0) is 29.9 Å². The Labute approximate surface area is 479 Å². The summed E-state index contributed by atoms with van der Waals surface area (Å²) in [6, 6.07) is 23.8. The van der Waals surface area contributed by atoms with E-state index in [2.05, 4.69) is 71.8 Å². The zero-order chi connectivity index (χ0) is 57.1. The maximum atomic E-state index is 14.3.